The van der Waals surface area contributed by atoms with Crippen molar-refractivity contribution < 1.29 is 0 Å². The summed E-state index contributed by atoms with van der Waals surface area (Å²) in [6.07, 6.45) is 5.72. The summed E-state index contributed by atoms with van der Waals surface area (Å²) in [5.74, 6) is 0.923. The van der Waals surface area contributed by atoms with Crippen LogP contribution in [0.15, 0.2) is 24.3 Å². The van der Waals surface area contributed by atoms with Crippen molar-refractivity contribution in [1.29, 1.82) is 0 Å². The molecule has 1 atom stereocenters. The Morgan fingerprint density at radius 1 is 1.31 bits per heavy atom. The zero-order valence-corrected chi connectivity index (χ0v) is 10.5. The lowest BCUT2D eigenvalue weighted by Gasteiger charge is -2.17. The van der Waals surface area contributed by atoms with Crippen LogP contribution in [0, 0.1) is 12.8 Å². The maximum absolute atomic E-state index is 3.67. The predicted molar refractivity (Wildman–Crippen MR) is 69.6 cm³/mol. The van der Waals surface area contributed by atoms with E-state index in [1.807, 2.05) is 0 Å². The molecule has 0 amide bonds. The molecule has 1 aromatic carbocycles. The molecule has 2 rings (SSSR count). The van der Waals surface area contributed by atoms with Crippen LogP contribution in [-0.4, -0.2) is 6.54 Å². The standard InChI is InChI=1S/C15H23N/c1-12-6-5-9-15(10-12)13(2)16-11-14-7-3-4-8-14/h5-6,9-10,13-14,16H,3-4,7-8,11H2,1-2H3/t13-/m0/s1. The van der Waals surface area contributed by atoms with E-state index >= 15 is 0 Å². The monoisotopic (exact) mass is 217 g/mol. The van der Waals surface area contributed by atoms with Crippen LogP contribution in [0.25, 0.3) is 0 Å². The zero-order valence-electron chi connectivity index (χ0n) is 10.5. The molecule has 1 aliphatic carbocycles. The van der Waals surface area contributed by atoms with E-state index in [4.69, 9.17) is 0 Å². The van der Waals surface area contributed by atoms with Crippen molar-refractivity contribution >= 4 is 0 Å². The molecule has 1 aromatic rings. The first-order chi connectivity index (χ1) is 7.75. The second kappa shape index (κ2) is 5.49. The van der Waals surface area contributed by atoms with E-state index in [0.29, 0.717) is 6.04 Å². The van der Waals surface area contributed by atoms with E-state index in [0.717, 1.165) is 5.92 Å². The second-order valence-corrected chi connectivity index (χ2v) is 5.19. The summed E-state index contributed by atoms with van der Waals surface area (Å²) in [7, 11) is 0. The van der Waals surface area contributed by atoms with Gasteiger partial charge >= 0.3 is 0 Å². The van der Waals surface area contributed by atoms with E-state index in [-0.39, 0.29) is 0 Å². The van der Waals surface area contributed by atoms with Crippen molar-refractivity contribution in [3.05, 3.63) is 35.4 Å². The zero-order chi connectivity index (χ0) is 11.4. The Hall–Kier alpha value is -0.820. The van der Waals surface area contributed by atoms with Crippen molar-refractivity contribution in [3.8, 4) is 0 Å². The number of hydrogen-bond acceptors (Lipinski definition) is 1. The van der Waals surface area contributed by atoms with Gasteiger partial charge < -0.3 is 5.32 Å². The summed E-state index contributed by atoms with van der Waals surface area (Å²) in [6, 6.07) is 9.30. The first-order valence-corrected chi connectivity index (χ1v) is 6.55. The summed E-state index contributed by atoms with van der Waals surface area (Å²) in [4.78, 5) is 0. The molecule has 0 unspecified atom stereocenters. The Morgan fingerprint density at radius 3 is 2.75 bits per heavy atom. The third-order valence-electron chi connectivity index (χ3n) is 3.73. The van der Waals surface area contributed by atoms with Crippen LogP contribution in [0.2, 0.25) is 0 Å². The molecule has 0 aliphatic heterocycles. The largest absolute Gasteiger partial charge is 0.310 e. The quantitative estimate of drug-likeness (QED) is 0.808. The summed E-state index contributed by atoms with van der Waals surface area (Å²) in [5.41, 5.74) is 2.77. The van der Waals surface area contributed by atoms with Crippen molar-refractivity contribution in [1.82, 2.24) is 5.32 Å². The maximum atomic E-state index is 3.67. The molecule has 0 heterocycles. The minimum Gasteiger partial charge on any atom is -0.310 e. The smallest absolute Gasteiger partial charge is 0.0292 e. The number of benzene rings is 1. The molecule has 1 saturated carbocycles. The average molecular weight is 217 g/mol. The van der Waals surface area contributed by atoms with Gasteiger partial charge in [0.1, 0.15) is 0 Å². The minimum atomic E-state index is 0.487. The molecular formula is C15H23N. The molecule has 1 aliphatic rings. The Labute approximate surface area is 99.3 Å². The van der Waals surface area contributed by atoms with Gasteiger partial charge in [-0.15, -0.1) is 0 Å². The third-order valence-corrected chi connectivity index (χ3v) is 3.73. The highest BCUT2D eigenvalue weighted by Gasteiger charge is 2.15. The number of aryl methyl sites for hydroxylation is 1. The van der Waals surface area contributed by atoms with Crippen molar-refractivity contribution in [3.63, 3.8) is 0 Å². The lowest BCUT2D eigenvalue weighted by atomic mass is 10.0. The van der Waals surface area contributed by atoms with E-state index in [2.05, 4.69) is 43.4 Å². The summed E-state index contributed by atoms with van der Waals surface area (Å²) >= 11 is 0. The molecule has 1 N–H and O–H groups in total. The van der Waals surface area contributed by atoms with Gasteiger partial charge in [-0.1, -0.05) is 42.7 Å². The lowest BCUT2D eigenvalue weighted by molar-refractivity contribution is 0.452. The topological polar surface area (TPSA) is 12.0 Å². The van der Waals surface area contributed by atoms with Crippen LogP contribution in [0.4, 0.5) is 0 Å². The van der Waals surface area contributed by atoms with Gasteiger partial charge in [0.05, 0.1) is 0 Å². The normalized spacial score (nSPS) is 18.9. The molecule has 1 fully saturated rings. The highest BCUT2D eigenvalue weighted by atomic mass is 14.9. The third kappa shape index (κ3) is 3.08. The fourth-order valence-corrected chi connectivity index (χ4v) is 2.62. The van der Waals surface area contributed by atoms with E-state index in [1.165, 1.54) is 43.4 Å². The summed E-state index contributed by atoms with van der Waals surface area (Å²) in [6.45, 7) is 5.62. The SMILES string of the molecule is Cc1cccc([C@H](C)NCC2CCCC2)c1. The molecule has 0 spiro atoms. The van der Waals surface area contributed by atoms with Gasteiger partial charge in [0.2, 0.25) is 0 Å². The Bertz CT molecular complexity index is 326. The van der Waals surface area contributed by atoms with Crippen LogP contribution in [0.5, 0.6) is 0 Å². The fraction of sp³-hybridized carbons (Fsp3) is 0.600. The molecule has 88 valence electrons. The molecule has 0 bridgehead atoms. The minimum absolute atomic E-state index is 0.487. The Kier molecular flexibility index (Phi) is 4.00. The fourth-order valence-electron chi connectivity index (χ4n) is 2.62. The van der Waals surface area contributed by atoms with Gasteiger partial charge in [-0.05, 0) is 44.7 Å². The summed E-state index contributed by atoms with van der Waals surface area (Å²) < 4.78 is 0. The van der Waals surface area contributed by atoms with Gasteiger partial charge in [-0.25, -0.2) is 0 Å². The van der Waals surface area contributed by atoms with E-state index in [9.17, 15) is 0 Å². The Balaban J connectivity index is 1.85. The van der Waals surface area contributed by atoms with Gasteiger partial charge in [0.25, 0.3) is 0 Å². The van der Waals surface area contributed by atoms with Crippen LogP contribution in [0.3, 0.4) is 0 Å². The summed E-state index contributed by atoms with van der Waals surface area (Å²) in [5, 5.41) is 3.67. The average Bonchev–Trinajstić information content (AvgIpc) is 2.78. The van der Waals surface area contributed by atoms with Crippen LogP contribution in [0.1, 0.15) is 49.8 Å². The van der Waals surface area contributed by atoms with Crippen molar-refractivity contribution in [2.24, 2.45) is 5.92 Å². The molecule has 0 saturated heterocycles. The van der Waals surface area contributed by atoms with E-state index in [1.54, 1.807) is 0 Å². The van der Waals surface area contributed by atoms with Gasteiger partial charge in [-0.2, -0.15) is 0 Å². The molecule has 1 heteroatoms. The van der Waals surface area contributed by atoms with Gasteiger partial charge in [-0.3, -0.25) is 0 Å². The van der Waals surface area contributed by atoms with Crippen molar-refractivity contribution in [2.75, 3.05) is 6.54 Å². The van der Waals surface area contributed by atoms with Gasteiger partial charge in [0.15, 0.2) is 0 Å². The van der Waals surface area contributed by atoms with Gasteiger partial charge in [0, 0.05) is 6.04 Å². The first kappa shape index (κ1) is 11.7. The molecule has 1 nitrogen and oxygen atoms in total. The lowest BCUT2D eigenvalue weighted by Crippen LogP contribution is -2.24. The van der Waals surface area contributed by atoms with Crippen LogP contribution >= 0.6 is 0 Å². The number of nitrogens with one attached hydrogen (secondary N) is 1. The molecule has 0 radical (unpaired) electrons. The highest BCUT2D eigenvalue weighted by molar-refractivity contribution is 5.24. The maximum Gasteiger partial charge on any atom is 0.0292 e. The number of hydrogen-bond donors (Lipinski definition) is 1. The van der Waals surface area contributed by atoms with Crippen LogP contribution in [-0.2, 0) is 0 Å². The van der Waals surface area contributed by atoms with E-state index < -0.39 is 0 Å². The first-order valence-electron chi connectivity index (χ1n) is 6.55. The molecule has 16 heavy (non-hydrogen) atoms. The Morgan fingerprint density at radius 2 is 2.06 bits per heavy atom. The predicted octanol–water partition coefficient (Wildman–Crippen LogP) is 3.84. The molecular weight excluding hydrogens is 194 g/mol. The van der Waals surface area contributed by atoms with Crippen molar-refractivity contribution in [2.45, 2.75) is 45.6 Å². The second-order valence-electron chi connectivity index (χ2n) is 5.19. The van der Waals surface area contributed by atoms with Crippen LogP contribution < -0.4 is 5.32 Å². The number of rotatable bonds is 4. The molecule has 0 aromatic heterocycles. The highest BCUT2D eigenvalue weighted by Crippen LogP contribution is 2.24.